The molecule has 0 aliphatic heterocycles. The molecule has 0 bridgehead atoms. The normalized spacial score (nSPS) is 11.2. The lowest BCUT2D eigenvalue weighted by Gasteiger charge is -2.13. The molecule has 0 fully saturated rings. The van der Waals surface area contributed by atoms with Crippen LogP contribution < -0.4 is 15.2 Å². The van der Waals surface area contributed by atoms with E-state index in [1.54, 1.807) is 24.2 Å². The second kappa shape index (κ2) is 5.86. The second-order valence-corrected chi connectivity index (χ2v) is 6.80. The van der Waals surface area contributed by atoms with Crippen LogP contribution in [-0.4, -0.2) is 35.7 Å². The molecule has 25 heavy (non-hydrogen) atoms. The lowest BCUT2D eigenvalue weighted by molar-refractivity contribution is 0.414. The topological polar surface area (TPSA) is 60.2 Å². The van der Waals surface area contributed by atoms with E-state index in [1.165, 1.54) is 11.3 Å². The van der Waals surface area contributed by atoms with Gasteiger partial charge in [0.05, 0.1) is 29.4 Å². The van der Waals surface area contributed by atoms with Gasteiger partial charge in [-0.25, -0.2) is 9.97 Å². The molecule has 0 aliphatic rings. The molecule has 4 rings (SSSR count). The molecule has 0 saturated heterocycles. The van der Waals surface area contributed by atoms with Gasteiger partial charge in [0.1, 0.15) is 21.6 Å². The molecule has 0 radical (unpaired) electrons. The van der Waals surface area contributed by atoms with Crippen LogP contribution in [0.5, 0.6) is 5.75 Å². The summed E-state index contributed by atoms with van der Waals surface area (Å²) in [4.78, 5) is 24.8. The Labute approximate surface area is 147 Å². The van der Waals surface area contributed by atoms with Crippen LogP contribution in [0.4, 0.5) is 5.69 Å². The van der Waals surface area contributed by atoms with Crippen molar-refractivity contribution in [3.05, 3.63) is 53.2 Å². The highest BCUT2D eigenvalue weighted by Crippen LogP contribution is 2.35. The molecule has 3 aromatic heterocycles. The molecule has 0 saturated carbocycles. The van der Waals surface area contributed by atoms with Crippen LogP contribution in [0.25, 0.3) is 26.1 Å². The maximum Gasteiger partial charge on any atom is 0.275 e. The van der Waals surface area contributed by atoms with Crippen molar-refractivity contribution in [2.45, 2.75) is 0 Å². The van der Waals surface area contributed by atoms with Gasteiger partial charge in [0.15, 0.2) is 0 Å². The van der Waals surface area contributed by atoms with Crippen molar-refractivity contribution < 1.29 is 4.74 Å². The molecule has 0 aliphatic carbocycles. The fourth-order valence-corrected chi connectivity index (χ4v) is 3.88. The fourth-order valence-electron chi connectivity index (χ4n) is 2.84. The van der Waals surface area contributed by atoms with Gasteiger partial charge in [-0.15, -0.1) is 11.3 Å². The number of benzene rings is 1. The van der Waals surface area contributed by atoms with Crippen LogP contribution >= 0.6 is 11.3 Å². The maximum atomic E-state index is 13.0. The Morgan fingerprint density at radius 3 is 2.56 bits per heavy atom. The molecule has 4 aromatic rings. The third-order valence-corrected chi connectivity index (χ3v) is 5.17. The summed E-state index contributed by atoms with van der Waals surface area (Å²) >= 11 is 1.38. The minimum atomic E-state index is -0.0946. The first-order chi connectivity index (χ1) is 12.1. The minimum Gasteiger partial charge on any atom is -0.497 e. The second-order valence-electron chi connectivity index (χ2n) is 5.80. The van der Waals surface area contributed by atoms with E-state index >= 15 is 0 Å². The van der Waals surface area contributed by atoms with Gasteiger partial charge < -0.3 is 9.64 Å². The summed E-state index contributed by atoms with van der Waals surface area (Å²) in [5, 5.41) is 0.923. The molecule has 7 heteroatoms. The summed E-state index contributed by atoms with van der Waals surface area (Å²) in [7, 11) is 5.55. The number of hydrogen-bond acceptors (Lipinski definition) is 6. The van der Waals surface area contributed by atoms with Gasteiger partial charge in [0.2, 0.25) is 0 Å². The predicted octanol–water partition coefficient (Wildman–Crippen LogP) is 3.07. The molecule has 6 nitrogen and oxygen atoms in total. The average Bonchev–Trinajstić information content (AvgIpc) is 3.02. The van der Waals surface area contributed by atoms with Gasteiger partial charge in [-0.2, -0.15) is 0 Å². The van der Waals surface area contributed by atoms with E-state index in [4.69, 9.17) is 4.74 Å². The van der Waals surface area contributed by atoms with Crippen LogP contribution in [0.3, 0.4) is 0 Å². The Balaban J connectivity index is 1.98. The molecule has 0 N–H and O–H groups in total. The standard InChI is InChI=1S/C18H16N4O2S/c1-21(2)13-8-9-19-17-14(13)15-16(25-17)18(23)22(10-20-15)11-4-6-12(24-3)7-5-11/h4-10H,1-3H3/i3-1. The summed E-state index contributed by atoms with van der Waals surface area (Å²) in [5.74, 6) is 0.743. The van der Waals surface area contributed by atoms with Crippen molar-refractivity contribution >= 4 is 37.5 Å². The first-order valence-corrected chi connectivity index (χ1v) is 8.52. The Morgan fingerprint density at radius 1 is 1.12 bits per heavy atom. The Kier molecular flexibility index (Phi) is 3.65. The SMILES string of the molecule is CN(C)c1ccnc2sc3c(=O)n(-c4ccc(O[11CH3])cc4)cnc3c12. The number of thiophene rings is 1. The third kappa shape index (κ3) is 2.44. The highest BCUT2D eigenvalue weighted by Gasteiger charge is 2.16. The van der Waals surface area contributed by atoms with E-state index in [9.17, 15) is 4.79 Å². The van der Waals surface area contributed by atoms with Gasteiger partial charge >= 0.3 is 0 Å². The molecule has 0 spiro atoms. The summed E-state index contributed by atoms with van der Waals surface area (Å²) < 4.78 is 7.32. The summed E-state index contributed by atoms with van der Waals surface area (Å²) in [6.07, 6.45) is 3.33. The lowest BCUT2D eigenvalue weighted by atomic mass is 10.2. The number of anilines is 1. The first kappa shape index (κ1) is 15.6. The monoisotopic (exact) mass is 351 g/mol. The van der Waals surface area contributed by atoms with Crippen LogP contribution in [0, 0.1) is 0 Å². The van der Waals surface area contributed by atoms with Gasteiger partial charge in [0.25, 0.3) is 5.56 Å². The predicted molar refractivity (Wildman–Crippen MR) is 101 cm³/mol. The number of hydrogen-bond donors (Lipinski definition) is 0. The third-order valence-electron chi connectivity index (χ3n) is 4.09. The van der Waals surface area contributed by atoms with Crippen LogP contribution in [0.15, 0.2) is 47.7 Å². The van der Waals surface area contributed by atoms with E-state index < -0.39 is 0 Å². The molecular weight excluding hydrogens is 335 g/mol. The van der Waals surface area contributed by atoms with Crippen LogP contribution in [0.2, 0.25) is 0 Å². The average molecular weight is 351 g/mol. The zero-order valence-corrected chi connectivity index (χ0v) is 14.9. The van der Waals surface area contributed by atoms with Gasteiger partial charge in [-0.3, -0.25) is 9.36 Å². The molecule has 0 unspecified atom stereocenters. The highest BCUT2D eigenvalue weighted by molar-refractivity contribution is 7.25. The summed E-state index contributed by atoms with van der Waals surface area (Å²) in [5.41, 5.74) is 2.36. The smallest absolute Gasteiger partial charge is 0.275 e. The summed E-state index contributed by atoms with van der Waals surface area (Å²) in [6, 6.07) is 9.26. The lowest BCUT2D eigenvalue weighted by Crippen LogP contribution is -2.17. The quantitative estimate of drug-likeness (QED) is 0.568. The number of pyridine rings is 1. The van der Waals surface area contributed by atoms with Crippen molar-refractivity contribution in [1.82, 2.24) is 14.5 Å². The summed E-state index contributed by atoms with van der Waals surface area (Å²) in [6.45, 7) is 0. The molecule has 0 atom stereocenters. The van der Waals surface area contributed by atoms with E-state index in [2.05, 4.69) is 9.97 Å². The Bertz CT molecular complexity index is 1130. The van der Waals surface area contributed by atoms with Crippen molar-refractivity contribution in [3.8, 4) is 11.4 Å². The Hall–Kier alpha value is -2.93. The van der Waals surface area contributed by atoms with E-state index in [-0.39, 0.29) is 5.56 Å². The van der Waals surface area contributed by atoms with Crippen molar-refractivity contribution in [2.24, 2.45) is 0 Å². The van der Waals surface area contributed by atoms with Gasteiger partial charge in [0, 0.05) is 20.3 Å². The van der Waals surface area contributed by atoms with Crippen molar-refractivity contribution in [2.75, 3.05) is 26.1 Å². The largest absolute Gasteiger partial charge is 0.497 e. The Morgan fingerprint density at radius 2 is 1.88 bits per heavy atom. The van der Waals surface area contributed by atoms with Crippen LogP contribution in [0.1, 0.15) is 0 Å². The van der Waals surface area contributed by atoms with Crippen molar-refractivity contribution in [3.63, 3.8) is 0 Å². The minimum absolute atomic E-state index is 0.0946. The maximum absolute atomic E-state index is 13.0. The highest BCUT2D eigenvalue weighted by atomic mass is 32.1. The molecule has 0 amide bonds. The van der Waals surface area contributed by atoms with Crippen LogP contribution in [-0.2, 0) is 0 Å². The molecule has 3 heterocycles. The van der Waals surface area contributed by atoms with Gasteiger partial charge in [-0.05, 0) is 30.3 Å². The van der Waals surface area contributed by atoms with E-state index in [1.807, 2.05) is 49.3 Å². The molecule has 126 valence electrons. The van der Waals surface area contributed by atoms with E-state index in [0.717, 1.165) is 27.3 Å². The first-order valence-electron chi connectivity index (χ1n) is 7.71. The number of fused-ring (bicyclic) bond motifs is 3. The number of rotatable bonds is 3. The number of methoxy groups -OCH3 is 1. The number of nitrogens with zero attached hydrogens (tertiary/aromatic N) is 4. The van der Waals surface area contributed by atoms with E-state index in [0.29, 0.717) is 10.2 Å². The number of ether oxygens (including phenoxy) is 1. The molecule has 1 aromatic carbocycles. The zero-order valence-electron chi connectivity index (χ0n) is 14.1. The molecular formula is C18H16N4O2S. The van der Waals surface area contributed by atoms with Gasteiger partial charge in [-0.1, -0.05) is 0 Å². The van der Waals surface area contributed by atoms with Crippen molar-refractivity contribution in [1.29, 1.82) is 0 Å². The zero-order chi connectivity index (χ0) is 17.6. The number of aromatic nitrogens is 3. The fraction of sp³-hybridized carbons (Fsp3) is 0.167.